The van der Waals surface area contributed by atoms with Crippen molar-refractivity contribution < 1.29 is 52.3 Å². The maximum absolute atomic E-state index is 12.8. The highest BCUT2D eigenvalue weighted by atomic mass is 16.6. The van der Waals surface area contributed by atoms with Crippen LogP contribution in [0.2, 0.25) is 0 Å². The highest BCUT2D eigenvalue weighted by molar-refractivity contribution is 5.92. The van der Waals surface area contributed by atoms with Crippen LogP contribution in [-0.2, 0) is 19.1 Å². The first-order valence-electron chi connectivity index (χ1n) is 16.5. The number of rotatable bonds is 23. The summed E-state index contributed by atoms with van der Waals surface area (Å²) in [7, 11) is 1.42. The molecule has 0 atom stereocenters. The van der Waals surface area contributed by atoms with Crippen molar-refractivity contribution >= 4 is 23.9 Å². The Balaban J connectivity index is 1.39. The number of methoxy groups -OCH3 is 1. The van der Waals surface area contributed by atoms with E-state index in [2.05, 4.69) is 13.2 Å². The molecule has 11 heteroatoms. The molecule has 0 bridgehead atoms. The molecule has 3 aromatic rings. The average Bonchev–Trinajstić information content (AvgIpc) is 3.14. The third-order valence-corrected chi connectivity index (χ3v) is 7.17. The lowest BCUT2D eigenvalue weighted by atomic mass is 10.2. The fourth-order valence-corrected chi connectivity index (χ4v) is 4.45. The first-order valence-corrected chi connectivity index (χ1v) is 16.5. The van der Waals surface area contributed by atoms with Gasteiger partial charge in [-0.25, -0.2) is 19.2 Å². The number of benzene rings is 3. The Hall–Kier alpha value is -5.58. The molecule has 0 fully saturated rings. The summed E-state index contributed by atoms with van der Waals surface area (Å²) in [6.07, 6.45) is 9.24. The Labute approximate surface area is 292 Å². The molecule has 0 saturated carbocycles. The van der Waals surface area contributed by atoms with E-state index in [0.717, 1.165) is 63.5 Å². The SMILES string of the molecule is C=CC(=O)OCCCCCCOc1ccc(C(=O)Oc2ccc(OC(=O)c3ccc(OCCCCCCOC(=O)C=C)cc3)c(OC)c2)cc1. The first-order chi connectivity index (χ1) is 24.3. The molecule has 266 valence electrons. The third-order valence-electron chi connectivity index (χ3n) is 7.17. The standard InChI is InChI=1S/C39H44O11/c1-4-36(40)47-26-12-8-6-10-24-45-31-18-14-29(15-19-31)38(42)49-33-22-23-34(35(28-33)44-3)50-39(43)30-16-20-32(21-17-30)46-25-11-7-9-13-27-48-37(41)5-2/h4-5,14-23,28H,1-2,6-13,24-27H2,3H3. The third kappa shape index (κ3) is 14.3. The second-order valence-corrected chi connectivity index (χ2v) is 10.9. The predicted octanol–water partition coefficient (Wildman–Crippen LogP) is 7.47. The largest absolute Gasteiger partial charge is 0.494 e. The van der Waals surface area contributed by atoms with Crippen LogP contribution >= 0.6 is 0 Å². The van der Waals surface area contributed by atoms with Crippen molar-refractivity contribution in [3.05, 3.63) is 103 Å². The molecule has 0 spiro atoms. The molecule has 0 amide bonds. The summed E-state index contributed by atoms with van der Waals surface area (Å²) in [6, 6.07) is 17.7. The van der Waals surface area contributed by atoms with Crippen molar-refractivity contribution in [3.63, 3.8) is 0 Å². The lowest BCUT2D eigenvalue weighted by Crippen LogP contribution is -2.10. The van der Waals surface area contributed by atoms with Crippen LogP contribution in [-0.4, -0.2) is 57.4 Å². The van der Waals surface area contributed by atoms with Crippen LogP contribution in [0.15, 0.2) is 92.0 Å². The van der Waals surface area contributed by atoms with Gasteiger partial charge in [0, 0.05) is 18.2 Å². The van der Waals surface area contributed by atoms with Gasteiger partial charge in [0.05, 0.1) is 44.7 Å². The highest BCUT2D eigenvalue weighted by Gasteiger charge is 2.16. The van der Waals surface area contributed by atoms with E-state index in [9.17, 15) is 19.2 Å². The summed E-state index contributed by atoms with van der Waals surface area (Å²) in [5.41, 5.74) is 0.650. The van der Waals surface area contributed by atoms with Gasteiger partial charge in [0.1, 0.15) is 17.2 Å². The maximum Gasteiger partial charge on any atom is 0.343 e. The zero-order valence-electron chi connectivity index (χ0n) is 28.4. The number of carbonyl (C=O) groups is 4. The smallest absolute Gasteiger partial charge is 0.343 e. The second-order valence-electron chi connectivity index (χ2n) is 10.9. The van der Waals surface area contributed by atoms with Gasteiger partial charge < -0.3 is 33.2 Å². The summed E-state index contributed by atoms with van der Waals surface area (Å²) in [6.45, 7) is 8.52. The minimum Gasteiger partial charge on any atom is -0.494 e. The summed E-state index contributed by atoms with van der Waals surface area (Å²) >= 11 is 0. The Bertz CT molecular complexity index is 1550. The molecule has 0 aliphatic carbocycles. The Morgan fingerprint density at radius 3 is 1.38 bits per heavy atom. The Morgan fingerprint density at radius 2 is 0.940 bits per heavy atom. The molecule has 0 aliphatic heterocycles. The van der Waals surface area contributed by atoms with E-state index in [1.807, 2.05) is 0 Å². The monoisotopic (exact) mass is 688 g/mol. The van der Waals surface area contributed by atoms with Crippen molar-refractivity contribution in [2.75, 3.05) is 33.5 Å². The van der Waals surface area contributed by atoms with Gasteiger partial charge in [0.15, 0.2) is 11.5 Å². The lowest BCUT2D eigenvalue weighted by molar-refractivity contribution is -0.138. The molecule has 50 heavy (non-hydrogen) atoms. The zero-order valence-corrected chi connectivity index (χ0v) is 28.4. The van der Waals surface area contributed by atoms with Crippen LogP contribution < -0.4 is 23.7 Å². The van der Waals surface area contributed by atoms with E-state index >= 15 is 0 Å². The van der Waals surface area contributed by atoms with Gasteiger partial charge in [-0.2, -0.15) is 0 Å². The van der Waals surface area contributed by atoms with Crippen molar-refractivity contribution in [1.82, 2.24) is 0 Å². The summed E-state index contributed by atoms with van der Waals surface area (Å²) < 4.78 is 37.8. The molecule has 3 rings (SSSR count). The molecule has 0 unspecified atom stereocenters. The van der Waals surface area contributed by atoms with Crippen molar-refractivity contribution in [2.45, 2.75) is 51.4 Å². The quantitative estimate of drug-likeness (QED) is 0.0425. The molecule has 11 nitrogen and oxygen atoms in total. The number of hydrogen-bond donors (Lipinski definition) is 0. The minimum absolute atomic E-state index is 0.162. The predicted molar refractivity (Wildman–Crippen MR) is 186 cm³/mol. The summed E-state index contributed by atoms with van der Waals surface area (Å²) in [5, 5.41) is 0. The second kappa shape index (κ2) is 22.1. The van der Waals surface area contributed by atoms with Crippen LogP contribution in [0.5, 0.6) is 28.7 Å². The molecule has 0 saturated heterocycles. The molecule has 0 aromatic heterocycles. The van der Waals surface area contributed by atoms with Gasteiger partial charge in [-0.1, -0.05) is 13.2 Å². The molecule has 0 N–H and O–H groups in total. The van der Waals surface area contributed by atoms with Gasteiger partial charge in [-0.05, 0) is 112 Å². The average molecular weight is 689 g/mol. The van der Waals surface area contributed by atoms with E-state index < -0.39 is 23.9 Å². The van der Waals surface area contributed by atoms with E-state index in [4.69, 9.17) is 33.2 Å². The van der Waals surface area contributed by atoms with Crippen LogP contribution in [0.4, 0.5) is 0 Å². The molecule has 0 aliphatic rings. The zero-order chi connectivity index (χ0) is 36.0. The van der Waals surface area contributed by atoms with E-state index in [1.54, 1.807) is 48.5 Å². The van der Waals surface area contributed by atoms with Crippen LogP contribution in [0.3, 0.4) is 0 Å². The minimum atomic E-state index is -0.592. The topological polar surface area (TPSA) is 133 Å². The van der Waals surface area contributed by atoms with Gasteiger partial charge in [-0.3, -0.25) is 0 Å². The van der Waals surface area contributed by atoms with Gasteiger partial charge in [0.25, 0.3) is 0 Å². The fraction of sp³-hybridized carbons (Fsp3) is 0.333. The van der Waals surface area contributed by atoms with Gasteiger partial charge in [0.2, 0.25) is 0 Å². The number of carbonyl (C=O) groups excluding carboxylic acids is 4. The number of unbranched alkanes of at least 4 members (excludes halogenated alkanes) is 6. The number of ether oxygens (including phenoxy) is 7. The van der Waals surface area contributed by atoms with Crippen molar-refractivity contribution in [3.8, 4) is 28.7 Å². The molecule has 0 radical (unpaired) electrons. The van der Waals surface area contributed by atoms with E-state index in [1.165, 1.54) is 25.3 Å². The van der Waals surface area contributed by atoms with Crippen LogP contribution in [0.1, 0.15) is 72.1 Å². The lowest BCUT2D eigenvalue weighted by Gasteiger charge is -2.12. The highest BCUT2D eigenvalue weighted by Crippen LogP contribution is 2.32. The summed E-state index contributed by atoms with van der Waals surface area (Å²) in [5.74, 6) is -0.148. The normalized spacial score (nSPS) is 10.3. The number of esters is 4. The van der Waals surface area contributed by atoms with E-state index in [-0.39, 0.29) is 17.2 Å². The summed E-state index contributed by atoms with van der Waals surface area (Å²) in [4.78, 5) is 47.6. The number of hydrogen-bond acceptors (Lipinski definition) is 11. The van der Waals surface area contributed by atoms with Crippen molar-refractivity contribution in [1.29, 1.82) is 0 Å². The fourth-order valence-electron chi connectivity index (χ4n) is 4.45. The Kier molecular flexibility index (Phi) is 17.2. The van der Waals surface area contributed by atoms with Crippen LogP contribution in [0.25, 0.3) is 0 Å². The van der Waals surface area contributed by atoms with Crippen molar-refractivity contribution in [2.24, 2.45) is 0 Å². The molecule has 3 aromatic carbocycles. The molecular weight excluding hydrogens is 644 g/mol. The molecular formula is C39H44O11. The van der Waals surface area contributed by atoms with E-state index in [0.29, 0.717) is 49.1 Å². The van der Waals surface area contributed by atoms with Gasteiger partial charge in [-0.15, -0.1) is 0 Å². The maximum atomic E-state index is 12.8. The van der Waals surface area contributed by atoms with Gasteiger partial charge >= 0.3 is 23.9 Å². The van der Waals surface area contributed by atoms with Crippen LogP contribution in [0, 0.1) is 0 Å². The first kappa shape index (κ1) is 38.9. The Morgan fingerprint density at radius 1 is 0.520 bits per heavy atom. The molecule has 0 heterocycles.